The predicted molar refractivity (Wildman–Crippen MR) is 89.9 cm³/mol. The van der Waals surface area contributed by atoms with E-state index in [1.54, 1.807) is 18.4 Å². The molecule has 0 aromatic carbocycles. The smallest absolute Gasteiger partial charge is 0.173 e. The van der Waals surface area contributed by atoms with Gasteiger partial charge in [-0.25, -0.2) is 0 Å². The summed E-state index contributed by atoms with van der Waals surface area (Å²) in [7, 11) is 1.71. The van der Waals surface area contributed by atoms with Crippen LogP contribution in [0.3, 0.4) is 0 Å². The van der Waals surface area contributed by atoms with Crippen LogP contribution in [0, 0.1) is 6.92 Å². The van der Waals surface area contributed by atoms with Crippen molar-refractivity contribution >= 4 is 49.9 Å². The second-order valence-electron chi connectivity index (χ2n) is 4.02. The predicted octanol–water partition coefficient (Wildman–Crippen LogP) is 6.28. The molecule has 0 bridgehead atoms. The molecule has 3 heterocycles. The molecule has 0 N–H and O–H groups in total. The lowest BCUT2D eigenvalue weighted by Gasteiger charge is -1.93. The lowest BCUT2D eigenvalue weighted by atomic mass is 10.3. The maximum absolute atomic E-state index is 5.26. The average Bonchev–Trinajstić information content (AvgIpc) is 3.07. The van der Waals surface area contributed by atoms with Crippen molar-refractivity contribution in [1.29, 1.82) is 0 Å². The Balaban J connectivity index is 2.01. The Morgan fingerprint density at radius 1 is 0.947 bits per heavy atom. The van der Waals surface area contributed by atoms with E-state index in [0.717, 1.165) is 9.54 Å². The zero-order valence-corrected chi connectivity index (χ0v) is 14.4. The zero-order chi connectivity index (χ0) is 13.4. The van der Waals surface area contributed by atoms with Gasteiger partial charge in [-0.3, -0.25) is 0 Å². The second-order valence-corrected chi connectivity index (χ2v) is 8.26. The first kappa shape index (κ1) is 13.4. The monoisotopic (exact) mass is 370 g/mol. The van der Waals surface area contributed by atoms with E-state index in [4.69, 9.17) is 4.74 Å². The summed E-state index contributed by atoms with van der Waals surface area (Å²) in [4.78, 5) is 6.51. The molecule has 0 radical (unpaired) electrons. The number of ether oxygens (including phenoxy) is 1. The largest absolute Gasteiger partial charge is 0.487 e. The molecule has 0 unspecified atom stereocenters. The van der Waals surface area contributed by atoms with Gasteiger partial charge in [0.25, 0.3) is 0 Å². The first-order valence-corrected chi connectivity index (χ1v) is 8.92. The Labute approximate surface area is 132 Å². The number of methoxy groups -OCH3 is 1. The van der Waals surface area contributed by atoms with Gasteiger partial charge in [-0.1, -0.05) is 11.3 Å². The van der Waals surface area contributed by atoms with E-state index in [1.807, 2.05) is 28.7 Å². The van der Waals surface area contributed by atoms with Crippen molar-refractivity contribution in [3.63, 3.8) is 0 Å². The van der Waals surface area contributed by atoms with E-state index >= 15 is 0 Å². The summed E-state index contributed by atoms with van der Waals surface area (Å²) in [5.74, 6) is 0. The topological polar surface area (TPSA) is 9.23 Å². The van der Waals surface area contributed by atoms with E-state index in [-0.39, 0.29) is 0 Å². The van der Waals surface area contributed by atoms with Crippen molar-refractivity contribution in [2.24, 2.45) is 0 Å². The quantitative estimate of drug-likeness (QED) is 0.526. The number of halogens is 1. The van der Waals surface area contributed by atoms with Crippen LogP contribution < -0.4 is 4.74 Å². The van der Waals surface area contributed by atoms with E-state index in [0.29, 0.717) is 0 Å². The Kier molecular flexibility index (Phi) is 3.80. The second kappa shape index (κ2) is 5.40. The van der Waals surface area contributed by atoms with Crippen molar-refractivity contribution in [3.05, 3.63) is 39.7 Å². The van der Waals surface area contributed by atoms with Gasteiger partial charge in [0.05, 0.1) is 12.0 Å². The Morgan fingerprint density at radius 2 is 1.74 bits per heavy atom. The molecule has 98 valence electrons. The minimum absolute atomic E-state index is 0.948. The van der Waals surface area contributed by atoms with Gasteiger partial charge in [-0.05, 0) is 53.2 Å². The molecule has 1 nitrogen and oxygen atoms in total. The molecule has 0 spiro atoms. The molecule has 0 aliphatic heterocycles. The van der Waals surface area contributed by atoms with Crippen molar-refractivity contribution in [3.8, 4) is 24.6 Å². The minimum atomic E-state index is 0.948. The highest BCUT2D eigenvalue weighted by Gasteiger charge is 2.13. The maximum Gasteiger partial charge on any atom is 0.173 e. The molecule has 3 aromatic heterocycles. The van der Waals surface area contributed by atoms with Crippen LogP contribution in [0.4, 0.5) is 0 Å². The van der Waals surface area contributed by atoms with Crippen molar-refractivity contribution in [2.45, 2.75) is 6.92 Å². The lowest BCUT2D eigenvalue weighted by Crippen LogP contribution is -1.73. The molecule has 0 aliphatic carbocycles. The highest BCUT2D eigenvalue weighted by Crippen LogP contribution is 2.45. The summed E-state index contributed by atoms with van der Waals surface area (Å²) in [5, 5.41) is 0.948. The van der Waals surface area contributed by atoms with Crippen LogP contribution >= 0.6 is 49.9 Å². The first-order chi connectivity index (χ1) is 9.17. The SMILES string of the molecule is COc1ccc(-c2sc(-c3ccc(C)s3)cc2Br)s1. The van der Waals surface area contributed by atoms with Gasteiger partial charge in [-0.2, -0.15) is 0 Å². The van der Waals surface area contributed by atoms with E-state index < -0.39 is 0 Å². The molecule has 0 atom stereocenters. The fraction of sp³-hybridized carbons (Fsp3) is 0.143. The molecule has 5 heteroatoms. The van der Waals surface area contributed by atoms with Crippen LogP contribution in [-0.2, 0) is 0 Å². The number of hydrogen-bond donors (Lipinski definition) is 0. The van der Waals surface area contributed by atoms with Crippen LogP contribution in [0.2, 0.25) is 0 Å². The van der Waals surface area contributed by atoms with Crippen molar-refractivity contribution < 1.29 is 4.74 Å². The van der Waals surface area contributed by atoms with Crippen LogP contribution in [0.25, 0.3) is 19.5 Å². The van der Waals surface area contributed by atoms with E-state index in [1.165, 1.54) is 24.4 Å². The maximum atomic E-state index is 5.26. The highest BCUT2D eigenvalue weighted by molar-refractivity contribution is 9.10. The summed E-state index contributed by atoms with van der Waals surface area (Å²) < 4.78 is 6.42. The van der Waals surface area contributed by atoms with Crippen LogP contribution in [0.5, 0.6) is 5.06 Å². The number of thiophene rings is 3. The van der Waals surface area contributed by atoms with Gasteiger partial charge in [0.1, 0.15) is 0 Å². The van der Waals surface area contributed by atoms with Gasteiger partial charge in [0.2, 0.25) is 0 Å². The normalized spacial score (nSPS) is 10.9. The minimum Gasteiger partial charge on any atom is -0.487 e. The summed E-state index contributed by atoms with van der Waals surface area (Å²) in [6.07, 6.45) is 0. The molecule has 0 saturated heterocycles. The molecule has 3 aromatic rings. The van der Waals surface area contributed by atoms with Crippen molar-refractivity contribution in [2.75, 3.05) is 7.11 Å². The van der Waals surface area contributed by atoms with Gasteiger partial charge in [0, 0.05) is 24.0 Å². The van der Waals surface area contributed by atoms with Gasteiger partial charge >= 0.3 is 0 Å². The fourth-order valence-electron chi connectivity index (χ4n) is 1.78. The molecule has 0 aliphatic rings. The molecule has 0 fully saturated rings. The molecule has 3 rings (SSSR count). The van der Waals surface area contributed by atoms with E-state index in [2.05, 4.69) is 47.1 Å². The molecule has 19 heavy (non-hydrogen) atoms. The van der Waals surface area contributed by atoms with Gasteiger partial charge in [0.15, 0.2) is 5.06 Å². The average molecular weight is 371 g/mol. The zero-order valence-electron chi connectivity index (χ0n) is 10.4. The Morgan fingerprint density at radius 3 is 2.37 bits per heavy atom. The van der Waals surface area contributed by atoms with Crippen molar-refractivity contribution in [1.82, 2.24) is 0 Å². The summed E-state index contributed by atoms with van der Waals surface area (Å²) in [6.45, 7) is 2.14. The third-order valence-corrected chi connectivity index (χ3v) is 7.12. The van der Waals surface area contributed by atoms with Gasteiger partial charge in [-0.15, -0.1) is 22.7 Å². The van der Waals surface area contributed by atoms with Crippen LogP contribution in [-0.4, -0.2) is 7.11 Å². The molecule has 0 amide bonds. The standard InChI is InChI=1S/C14H11BrOS3/c1-8-3-4-10(17-8)12-7-9(15)14(19-12)11-5-6-13(16-2)18-11/h3-7H,1-2H3. The van der Waals surface area contributed by atoms with E-state index in [9.17, 15) is 0 Å². The molecule has 0 saturated carbocycles. The third-order valence-electron chi connectivity index (χ3n) is 2.68. The lowest BCUT2D eigenvalue weighted by molar-refractivity contribution is 0.427. The molecular weight excluding hydrogens is 360 g/mol. The number of hydrogen-bond acceptors (Lipinski definition) is 4. The number of rotatable bonds is 3. The summed E-state index contributed by atoms with van der Waals surface area (Å²) in [5.41, 5.74) is 0. The van der Waals surface area contributed by atoms with Crippen LogP contribution in [0.15, 0.2) is 34.8 Å². The fourth-order valence-corrected chi connectivity index (χ4v) is 5.69. The highest BCUT2D eigenvalue weighted by atomic mass is 79.9. The molecular formula is C14H11BrOS3. The Hall–Kier alpha value is -0.620. The number of aryl methyl sites for hydroxylation is 1. The van der Waals surface area contributed by atoms with Crippen LogP contribution in [0.1, 0.15) is 4.88 Å². The summed E-state index contributed by atoms with van der Waals surface area (Å²) in [6, 6.07) is 10.7. The third kappa shape index (κ3) is 2.65. The first-order valence-electron chi connectivity index (χ1n) is 5.67. The Bertz CT molecular complexity index is 708. The van der Waals surface area contributed by atoms with Gasteiger partial charge < -0.3 is 4.74 Å². The summed E-state index contributed by atoms with van der Waals surface area (Å²) >= 11 is 9.00.